The van der Waals surface area contributed by atoms with E-state index in [-0.39, 0.29) is 25.7 Å². The summed E-state index contributed by atoms with van der Waals surface area (Å²) in [5, 5.41) is 17.8. The highest BCUT2D eigenvalue weighted by atomic mass is 16.5. The molecule has 1 atom stereocenters. The second-order valence-corrected chi connectivity index (χ2v) is 6.63. The summed E-state index contributed by atoms with van der Waals surface area (Å²) in [6.45, 7) is 1.01. The number of benzene rings is 2. The van der Waals surface area contributed by atoms with Gasteiger partial charge in [0.2, 0.25) is 5.91 Å². The standard InChI is InChI=1S/C22H24N2O4/c23-21(15-26)22(27)24-10-9-18-13-17(3-6-19(18)14-24)2-1-16-4-7-20(8-5-16)28-12-11-25/h3-8,13,21,25-26H,9-12,14-15,23H2. The minimum atomic E-state index is -0.855. The molecule has 1 heterocycles. The largest absolute Gasteiger partial charge is 0.491 e. The van der Waals surface area contributed by atoms with Gasteiger partial charge < -0.3 is 25.6 Å². The summed E-state index contributed by atoms with van der Waals surface area (Å²) in [6, 6.07) is 12.6. The molecule has 0 bridgehead atoms. The van der Waals surface area contributed by atoms with Crippen molar-refractivity contribution in [3.8, 4) is 17.6 Å². The number of carbonyl (C=O) groups excluding carboxylic acids is 1. The van der Waals surface area contributed by atoms with Crippen LogP contribution in [-0.4, -0.2) is 53.4 Å². The van der Waals surface area contributed by atoms with Crippen LogP contribution in [0.5, 0.6) is 5.75 Å². The maximum Gasteiger partial charge on any atom is 0.242 e. The number of aliphatic hydroxyl groups is 2. The van der Waals surface area contributed by atoms with Crippen LogP contribution in [0.15, 0.2) is 42.5 Å². The first-order valence-electron chi connectivity index (χ1n) is 9.23. The maximum atomic E-state index is 12.1. The summed E-state index contributed by atoms with van der Waals surface area (Å²) in [5.41, 5.74) is 9.71. The first-order chi connectivity index (χ1) is 13.6. The van der Waals surface area contributed by atoms with E-state index in [0.29, 0.717) is 18.8 Å². The van der Waals surface area contributed by atoms with Crippen LogP contribution in [0, 0.1) is 11.8 Å². The SMILES string of the molecule is NC(CO)C(=O)N1CCc2cc(C#Cc3ccc(OCCO)cc3)ccc2C1. The predicted octanol–water partition coefficient (Wildman–Crippen LogP) is 0.662. The van der Waals surface area contributed by atoms with Gasteiger partial charge in [-0.15, -0.1) is 0 Å². The normalized spacial score (nSPS) is 13.9. The highest BCUT2D eigenvalue weighted by Gasteiger charge is 2.24. The summed E-state index contributed by atoms with van der Waals surface area (Å²) in [7, 11) is 0. The molecular formula is C22H24N2O4. The lowest BCUT2D eigenvalue weighted by molar-refractivity contribution is -0.134. The van der Waals surface area contributed by atoms with Crippen LogP contribution < -0.4 is 10.5 Å². The van der Waals surface area contributed by atoms with E-state index in [1.807, 2.05) is 36.4 Å². The number of nitrogens with zero attached hydrogens (tertiary/aromatic N) is 1. The van der Waals surface area contributed by atoms with E-state index in [1.165, 1.54) is 5.56 Å². The molecule has 1 amide bonds. The van der Waals surface area contributed by atoms with Gasteiger partial charge in [-0.3, -0.25) is 4.79 Å². The number of hydrogen-bond donors (Lipinski definition) is 3. The zero-order chi connectivity index (χ0) is 19.9. The fourth-order valence-electron chi connectivity index (χ4n) is 3.07. The van der Waals surface area contributed by atoms with E-state index in [1.54, 1.807) is 4.90 Å². The Balaban J connectivity index is 1.67. The lowest BCUT2D eigenvalue weighted by Gasteiger charge is -2.30. The van der Waals surface area contributed by atoms with E-state index in [4.69, 9.17) is 20.7 Å². The summed E-state index contributed by atoms with van der Waals surface area (Å²) in [5.74, 6) is 6.79. The molecule has 4 N–H and O–H groups in total. The molecule has 6 heteroatoms. The molecule has 0 saturated heterocycles. The molecule has 2 aromatic carbocycles. The van der Waals surface area contributed by atoms with Gasteiger partial charge in [0.25, 0.3) is 0 Å². The van der Waals surface area contributed by atoms with E-state index >= 15 is 0 Å². The van der Waals surface area contributed by atoms with Crippen molar-refractivity contribution < 1.29 is 19.7 Å². The van der Waals surface area contributed by atoms with Crippen LogP contribution in [0.2, 0.25) is 0 Å². The van der Waals surface area contributed by atoms with Gasteiger partial charge in [-0.2, -0.15) is 0 Å². The Bertz CT molecular complexity index is 884. The van der Waals surface area contributed by atoms with Gasteiger partial charge in [0.15, 0.2) is 0 Å². The average Bonchev–Trinajstić information content (AvgIpc) is 2.75. The van der Waals surface area contributed by atoms with Gasteiger partial charge in [-0.25, -0.2) is 0 Å². The molecule has 0 aromatic heterocycles. The predicted molar refractivity (Wildman–Crippen MR) is 106 cm³/mol. The topological polar surface area (TPSA) is 96.0 Å². The van der Waals surface area contributed by atoms with Gasteiger partial charge >= 0.3 is 0 Å². The molecule has 0 fully saturated rings. The Labute approximate surface area is 164 Å². The number of ether oxygens (including phenoxy) is 1. The second-order valence-electron chi connectivity index (χ2n) is 6.63. The lowest BCUT2D eigenvalue weighted by Crippen LogP contribution is -2.47. The van der Waals surface area contributed by atoms with E-state index < -0.39 is 6.04 Å². The van der Waals surface area contributed by atoms with Crippen molar-refractivity contribution in [2.75, 3.05) is 26.4 Å². The number of rotatable bonds is 5. The van der Waals surface area contributed by atoms with E-state index in [2.05, 4.69) is 17.9 Å². The summed E-state index contributed by atoms with van der Waals surface area (Å²) >= 11 is 0. The number of hydrogen-bond acceptors (Lipinski definition) is 5. The Kier molecular flexibility index (Phi) is 6.66. The van der Waals surface area contributed by atoms with Crippen LogP contribution in [0.1, 0.15) is 22.3 Å². The molecule has 146 valence electrons. The molecule has 28 heavy (non-hydrogen) atoms. The molecule has 1 aliphatic heterocycles. The zero-order valence-corrected chi connectivity index (χ0v) is 15.6. The van der Waals surface area contributed by atoms with Gasteiger partial charge in [-0.1, -0.05) is 17.9 Å². The lowest BCUT2D eigenvalue weighted by atomic mass is 9.97. The fraction of sp³-hybridized carbons (Fsp3) is 0.318. The first-order valence-corrected chi connectivity index (χ1v) is 9.23. The Morgan fingerprint density at radius 3 is 2.54 bits per heavy atom. The zero-order valence-electron chi connectivity index (χ0n) is 15.6. The summed E-state index contributed by atoms with van der Waals surface area (Å²) < 4.78 is 5.33. The van der Waals surface area contributed by atoms with Crippen molar-refractivity contribution >= 4 is 5.91 Å². The molecule has 1 unspecified atom stereocenters. The number of carbonyl (C=O) groups is 1. The molecule has 0 aliphatic carbocycles. The van der Waals surface area contributed by atoms with Crippen molar-refractivity contribution in [2.24, 2.45) is 5.73 Å². The van der Waals surface area contributed by atoms with Crippen LogP contribution in [-0.2, 0) is 17.8 Å². The Morgan fingerprint density at radius 2 is 1.82 bits per heavy atom. The number of fused-ring (bicyclic) bond motifs is 1. The highest BCUT2D eigenvalue weighted by Crippen LogP contribution is 2.21. The van der Waals surface area contributed by atoms with Crippen LogP contribution in [0.25, 0.3) is 0 Å². The second kappa shape index (κ2) is 9.38. The maximum absolute atomic E-state index is 12.1. The molecule has 0 spiro atoms. The Hall–Kier alpha value is -2.85. The van der Waals surface area contributed by atoms with Crippen LogP contribution in [0.3, 0.4) is 0 Å². The molecule has 0 saturated carbocycles. The number of aliphatic hydroxyl groups excluding tert-OH is 2. The van der Waals surface area contributed by atoms with Crippen molar-refractivity contribution in [1.29, 1.82) is 0 Å². The molecule has 0 radical (unpaired) electrons. The third-order valence-electron chi connectivity index (χ3n) is 4.61. The quantitative estimate of drug-likeness (QED) is 0.663. The van der Waals surface area contributed by atoms with Crippen LogP contribution in [0.4, 0.5) is 0 Å². The van der Waals surface area contributed by atoms with Gasteiger partial charge in [0, 0.05) is 24.2 Å². The summed E-state index contributed by atoms with van der Waals surface area (Å²) in [6.07, 6.45) is 0.742. The molecule has 3 rings (SSSR count). The molecule has 2 aromatic rings. The fourth-order valence-corrected chi connectivity index (χ4v) is 3.07. The minimum absolute atomic E-state index is 0.0138. The van der Waals surface area contributed by atoms with E-state index in [9.17, 15) is 4.79 Å². The molecular weight excluding hydrogens is 356 g/mol. The highest BCUT2D eigenvalue weighted by molar-refractivity contribution is 5.82. The Morgan fingerprint density at radius 1 is 1.11 bits per heavy atom. The van der Waals surface area contributed by atoms with Crippen molar-refractivity contribution in [3.05, 3.63) is 64.7 Å². The van der Waals surface area contributed by atoms with Crippen LogP contribution >= 0.6 is 0 Å². The smallest absolute Gasteiger partial charge is 0.242 e. The van der Waals surface area contributed by atoms with E-state index in [0.717, 1.165) is 23.1 Å². The third-order valence-corrected chi connectivity index (χ3v) is 4.61. The third kappa shape index (κ3) is 4.90. The van der Waals surface area contributed by atoms with Gasteiger partial charge in [-0.05, 0) is 53.9 Å². The van der Waals surface area contributed by atoms with Gasteiger partial charge in [0.05, 0.1) is 13.2 Å². The van der Waals surface area contributed by atoms with Crippen molar-refractivity contribution in [3.63, 3.8) is 0 Å². The monoisotopic (exact) mass is 380 g/mol. The van der Waals surface area contributed by atoms with Crippen molar-refractivity contribution in [1.82, 2.24) is 4.90 Å². The average molecular weight is 380 g/mol. The van der Waals surface area contributed by atoms with Crippen molar-refractivity contribution in [2.45, 2.75) is 19.0 Å². The molecule has 1 aliphatic rings. The molecule has 6 nitrogen and oxygen atoms in total. The number of amides is 1. The van der Waals surface area contributed by atoms with Gasteiger partial charge in [0.1, 0.15) is 18.4 Å². The summed E-state index contributed by atoms with van der Waals surface area (Å²) in [4.78, 5) is 13.8. The first kappa shape index (κ1) is 19.9. The minimum Gasteiger partial charge on any atom is -0.491 e. The number of nitrogens with two attached hydrogens (primary N) is 1.